The number of hydrogen-bond acceptors (Lipinski definition) is 10. The van der Waals surface area contributed by atoms with Crippen molar-refractivity contribution >= 4 is 35.7 Å². The lowest BCUT2D eigenvalue weighted by atomic mass is 10.1. The van der Waals surface area contributed by atoms with E-state index in [-0.39, 0.29) is 22.8 Å². The van der Waals surface area contributed by atoms with Gasteiger partial charge in [0.1, 0.15) is 34.4 Å². The Bertz CT molecular complexity index is 1300. The maximum atomic E-state index is 13.0. The molecule has 0 heterocycles. The van der Waals surface area contributed by atoms with Gasteiger partial charge >= 0.3 is 12.2 Å². The third-order valence-corrected chi connectivity index (χ3v) is 6.31. The summed E-state index contributed by atoms with van der Waals surface area (Å²) in [7, 11) is 0. The number of alkyl carbamates (subject to hydrolysis) is 2. The van der Waals surface area contributed by atoms with E-state index in [0.29, 0.717) is 63.1 Å². The van der Waals surface area contributed by atoms with E-state index in [2.05, 4.69) is 25.9 Å². The van der Waals surface area contributed by atoms with E-state index in [9.17, 15) is 19.2 Å². The molecule has 0 saturated carbocycles. The minimum atomic E-state index is -0.717. The van der Waals surface area contributed by atoms with Crippen LogP contribution in [0.15, 0.2) is 22.1 Å². The summed E-state index contributed by atoms with van der Waals surface area (Å²) in [6.07, 6.45) is 4.13. The summed E-state index contributed by atoms with van der Waals surface area (Å²) in [4.78, 5) is 57.7. The predicted molar refractivity (Wildman–Crippen MR) is 191 cm³/mol. The maximum absolute atomic E-state index is 13.0. The van der Waals surface area contributed by atoms with E-state index < -0.39 is 29.3 Å². The summed E-state index contributed by atoms with van der Waals surface area (Å²) in [5.74, 6) is 0.407. The lowest BCUT2D eigenvalue weighted by Gasteiger charge is -2.19. The maximum Gasteiger partial charge on any atom is 0.413 e. The minimum absolute atomic E-state index is 0.0932. The monoisotopic (exact) mass is 690 g/mol. The number of primary amides is 1. The molecule has 14 heteroatoms. The molecule has 14 nitrogen and oxygen atoms in total. The highest BCUT2D eigenvalue weighted by atomic mass is 16.6. The minimum Gasteiger partial charge on any atom is -0.493 e. The van der Waals surface area contributed by atoms with Crippen LogP contribution in [0.1, 0.15) is 128 Å². The van der Waals surface area contributed by atoms with Gasteiger partial charge in [-0.3, -0.25) is 30.2 Å². The van der Waals surface area contributed by atoms with Crippen molar-refractivity contribution in [3.05, 3.63) is 23.3 Å². The van der Waals surface area contributed by atoms with Crippen LogP contribution in [0.3, 0.4) is 0 Å². The van der Waals surface area contributed by atoms with Crippen molar-refractivity contribution in [2.75, 3.05) is 32.8 Å². The van der Waals surface area contributed by atoms with E-state index in [1.54, 1.807) is 61.5 Å². The lowest BCUT2D eigenvalue weighted by molar-refractivity contribution is 0.0550. The molecule has 0 aromatic heterocycles. The molecule has 4 amide bonds. The van der Waals surface area contributed by atoms with E-state index in [1.807, 2.05) is 6.92 Å². The molecule has 0 aliphatic rings. The lowest BCUT2D eigenvalue weighted by Crippen LogP contribution is -2.35. The molecule has 0 saturated heterocycles. The second-order valence-electron chi connectivity index (χ2n) is 13.5. The highest BCUT2D eigenvalue weighted by molar-refractivity contribution is 6.02. The quantitative estimate of drug-likeness (QED) is 0.0830. The SMILES string of the molecule is CCCNC(=O)c1cc(C(N)=O)c(OCCCCCN=C(C)NC(=O)OC(C)(C)C)cc1OCCCCCN=C(C)NC(=O)OC(C)(C)C. The van der Waals surface area contributed by atoms with Gasteiger partial charge in [-0.2, -0.15) is 0 Å². The molecule has 1 aromatic carbocycles. The first-order valence-corrected chi connectivity index (χ1v) is 17.0. The van der Waals surface area contributed by atoms with Crippen LogP contribution in [0, 0.1) is 0 Å². The average molecular weight is 691 g/mol. The second kappa shape index (κ2) is 21.6. The first-order chi connectivity index (χ1) is 22.9. The molecular formula is C35H58N6O8. The Morgan fingerprint density at radius 1 is 0.694 bits per heavy atom. The number of ether oxygens (including phenoxy) is 4. The van der Waals surface area contributed by atoms with Crippen LogP contribution in [0.25, 0.3) is 0 Å². The summed E-state index contributed by atoms with van der Waals surface area (Å²) in [6, 6.07) is 2.97. The number of benzene rings is 1. The Hall–Kier alpha value is -4.36. The number of nitrogens with two attached hydrogens (primary N) is 1. The molecule has 5 N–H and O–H groups in total. The predicted octanol–water partition coefficient (Wildman–Crippen LogP) is 5.91. The van der Waals surface area contributed by atoms with Crippen LogP contribution in [0.4, 0.5) is 9.59 Å². The first kappa shape index (κ1) is 42.7. The van der Waals surface area contributed by atoms with Crippen molar-refractivity contribution in [1.82, 2.24) is 16.0 Å². The summed E-state index contributed by atoms with van der Waals surface area (Å²) < 4.78 is 22.4. The third kappa shape index (κ3) is 19.9. The first-order valence-electron chi connectivity index (χ1n) is 17.0. The Kier molecular flexibility index (Phi) is 18.8. The molecule has 1 aromatic rings. The van der Waals surface area contributed by atoms with Crippen molar-refractivity contribution in [2.24, 2.45) is 15.7 Å². The van der Waals surface area contributed by atoms with E-state index in [4.69, 9.17) is 24.7 Å². The van der Waals surface area contributed by atoms with Gasteiger partial charge in [-0.05, 0) is 106 Å². The largest absolute Gasteiger partial charge is 0.493 e. The molecule has 0 aliphatic heterocycles. The number of amidine groups is 2. The van der Waals surface area contributed by atoms with Gasteiger partial charge in [0.15, 0.2) is 0 Å². The zero-order chi connectivity index (χ0) is 37.0. The van der Waals surface area contributed by atoms with Crippen LogP contribution < -0.4 is 31.2 Å². The van der Waals surface area contributed by atoms with Gasteiger partial charge in [-0.1, -0.05) is 6.92 Å². The Morgan fingerprint density at radius 3 is 1.55 bits per heavy atom. The molecule has 0 spiro atoms. The van der Waals surface area contributed by atoms with E-state index >= 15 is 0 Å². The fourth-order valence-electron chi connectivity index (χ4n) is 4.12. The highest BCUT2D eigenvalue weighted by Crippen LogP contribution is 2.30. The molecule has 0 aliphatic carbocycles. The van der Waals surface area contributed by atoms with E-state index in [1.165, 1.54) is 6.07 Å². The van der Waals surface area contributed by atoms with E-state index in [0.717, 1.165) is 32.1 Å². The summed E-state index contributed by atoms with van der Waals surface area (Å²) in [5.41, 5.74) is 4.78. The number of carbonyl (C=O) groups excluding carboxylic acids is 4. The fraction of sp³-hybridized carbons (Fsp3) is 0.657. The number of aliphatic imine (C=N–C) groups is 2. The number of amides is 4. The summed E-state index contributed by atoms with van der Waals surface area (Å²) in [5, 5.41) is 8.04. The third-order valence-electron chi connectivity index (χ3n) is 6.31. The Balaban J connectivity index is 2.73. The van der Waals surface area contributed by atoms with Crippen molar-refractivity contribution in [2.45, 2.75) is 118 Å². The molecular weight excluding hydrogens is 632 g/mol. The van der Waals surface area contributed by atoms with Crippen LogP contribution in [-0.2, 0) is 9.47 Å². The molecule has 0 fully saturated rings. The molecule has 1 rings (SSSR count). The van der Waals surface area contributed by atoms with Crippen molar-refractivity contribution in [3.63, 3.8) is 0 Å². The van der Waals surface area contributed by atoms with Gasteiger partial charge in [-0.25, -0.2) is 9.59 Å². The van der Waals surface area contributed by atoms with Crippen molar-refractivity contribution in [1.29, 1.82) is 0 Å². The highest BCUT2D eigenvalue weighted by Gasteiger charge is 2.21. The number of nitrogens with zero attached hydrogens (tertiary/aromatic N) is 2. The Morgan fingerprint density at radius 2 is 1.14 bits per heavy atom. The van der Waals surface area contributed by atoms with Gasteiger partial charge in [0.25, 0.3) is 11.8 Å². The number of nitrogens with one attached hydrogen (secondary N) is 3. The number of rotatable bonds is 18. The second-order valence-corrected chi connectivity index (χ2v) is 13.5. The zero-order valence-corrected chi connectivity index (χ0v) is 30.9. The summed E-state index contributed by atoms with van der Waals surface area (Å²) >= 11 is 0. The van der Waals surface area contributed by atoms with Crippen LogP contribution in [0.2, 0.25) is 0 Å². The standard InChI is InChI=1S/C35H58N6O8/c1-10-17-39-31(43)27-22-26(30(36)42)28(46-20-15-11-13-18-37-24(2)40-32(44)48-34(4,5)6)23-29(27)47-21-16-12-14-19-38-25(3)41-33(45)49-35(7,8)9/h22-23H,10-21H2,1-9H3,(H2,36,42)(H,39,43)(H,37,40,44)(H,38,41,45). The van der Waals surface area contributed by atoms with Crippen molar-refractivity contribution in [3.8, 4) is 11.5 Å². The van der Waals surface area contributed by atoms with Gasteiger partial charge < -0.3 is 30.0 Å². The molecule has 0 atom stereocenters. The number of unbranched alkanes of at least 4 members (excludes halogenated alkanes) is 4. The normalized spacial score (nSPS) is 12.2. The molecule has 0 radical (unpaired) electrons. The molecule has 49 heavy (non-hydrogen) atoms. The number of hydrogen-bond donors (Lipinski definition) is 4. The average Bonchev–Trinajstić information content (AvgIpc) is 2.96. The van der Waals surface area contributed by atoms with Gasteiger partial charge in [0.05, 0.1) is 24.3 Å². The van der Waals surface area contributed by atoms with Crippen LogP contribution in [0.5, 0.6) is 11.5 Å². The smallest absolute Gasteiger partial charge is 0.413 e. The van der Waals surface area contributed by atoms with Gasteiger partial charge in [0, 0.05) is 25.7 Å². The fourth-order valence-corrected chi connectivity index (χ4v) is 4.12. The Labute approximate surface area is 291 Å². The topological polar surface area (TPSA) is 192 Å². The van der Waals surface area contributed by atoms with Gasteiger partial charge in [-0.15, -0.1) is 0 Å². The van der Waals surface area contributed by atoms with Gasteiger partial charge in [0.2, 0.25) is 0 Å². The molecule has 0 unspecified atom stereocenters. The molecule has 0 bridgehead atoms. The summed E-state index contributed by atoms with van der Waals surface area (Å²) in [6.45, 7) is 18.2. The van der Waals surface area contributed by atoms with Crippen molar-refractivity contribution < 1.29 is 38.1 Å². The molecule has 276 valence electrons. The number of carbonyl (C=O) groups is 4. The van der Waals surface area contributed by atoms with Crippen LogP contribution in [-0.4, -0.2) is 79.7 Å². The zero-order valence-electron chi connectivity index (χ0n) is 30.9. The van der Waals surface area contributed by atoms with Crippen LogP contribution >= 0.6 is 0 Å².